The highest BCUT2D eigenvalue weighted by atomic mass is 19.1. The highest BCUT2D eigenvalue weighted by molar-refractivity contribution is 5.48. The van der Waals surface area contributed by atoms with Crippen LogP contribution in [-0.4, -0.2) is 15.2 Å². The number of aliphatic hydroxyl groups is 2. The van der Waals surface area contributed by atoms with Gasteiger partial charge in [0.2, 0.25) is 0 Å². The van der Waals surface area contributed by atoms with Gasteiger partial charge in [0.05, 0.1) is 11.8 Å². The van der Waals surface area contributed by atoms with Gasteiger partial charge in [0.1, 0.15) is 11.9 Å². The van der Waals surface area contributed by atoms with Crippen molar-refractivity contribution >= 4 is 0 Å². The first-order valence-corrected chi connectivity index (χ1v) is 10.4. The van der Waals surface area contributed by atoms with Crippen molar-refractivity contribution in [1.29, 1.82) is 0 Å². The molecule has 2 atom stereocenters. The Balaban J connectivity index is 1.88. The number of benzene rings is 1. The number of fused-ring (bicyclic) bond motifs is 1. The van der Waals surface area contributed by atoms with Crippen LogP contribution in [0.3, 0.4) is 0 Å². The Morgan fingerprint density at radius 1 is 1.14 bits per heavy atom. The Morgan fingerprint density at radius 2 is 1.79 bits per heavy atom. The molecule has 150 valence electrons. The van der Waals surface area contributed by atoms with E-state index in [1.165, 1.54) is 25.0 Å². The van der Waals surface area contributed by atoms with Crippen LogP contribution in [0.15, 0.2) is 24.3 Å². The summed E-state index contributed by atoms with van der Waals surface area (Å²) in [5, 5.41) is 22.1. The zero-order valence-electron chi connectivity index (χ0n) is 17.0. The minimum Gasteiger partial charge on any atom is -0.388 e. The van der Waals surface area contributed by atoms with Gasteiger partial charge >= 0.3 is 0 Å². The molecule has 0 saturated heterocycles. The van der Waals surface area contributed by atoms with Crippen LogP contribution >= 0.6 is 0 Å². The third-order valence-electron chi connectivity index (χ3n) is 6.58. The normalized spacial score (nSPS) is 22.9. The SMILES string of the molecule is Cc1c2c(nc(C3CCCC3)c1[C@@H](O)c1ccc(F)cc1)CC(C)(C)CC2O. The summed E-state index contributed by atoms with van der Waals surface area (Å²) in [6.45, 7) is 6.35. The van der Waals surface area contributed by atoms with Crippen molar-refractivity contribution in [1.82, 2.24) is 4.98 Å². The number of hydrogen-bond acceptors (Lipinski definition) is 3. The van der Waals surface area contributed by atoms with E-state index in [9.17, 15) is 14.6 Å². The third kappa shape index (κ3) is 3.48. The molecule has 0 spiro atoms. The minimum absolute atomic E-state index is 0.00981. The lowest BCUT2D eigenvalue weighted by Gasteiger charge is -2.37. The summed E-state index contributed by atoms with van der Waals surface area (Å²) in [4.78, 5) is 5.07. The number of halogens is 1. The van der Waals surface area contributed by atoms with E-state index < -0.39 is 12.2 Å². The zero-order chi connectivity index (χ0) is 20.1. The minimum atomic E-state index is -0.865. The monoisotopic (exact) mass is 383 g/mol. The van der Waals surface area contributed by atoms with Crippen molar-refractivity contribution in [3.8, 4) is 0 Å². The Hall–Kier alpha value is -1.78. The van der Waals surface area contributed by atoms with Gasteiger partial charge in [-0.1, -0.05) is 38.8 Å². The predicted molar refractivity (Wildman–Crippen MR) is 108 cm³/mol. The Labute approximate surface area is 166 Å². The predicted octanol–water partition coefficient (Wildman–Crippen LogP) is 5.27. The van der Waals surface area contributed by atoms with Crippen molar-refractivity contribution in [2.75, 3.05) is 0 Å². The smallest absolute Gasteiger partial charge is 0.123 e. The van der Waals surface area contributed by atoms with Crippen molar-refractivity contribution in [3.05, 3.63) is 63.7 Å². The molecule has 4 heteroatoms. The lowest BCUT2D eigenvalue weighted by atomic mass is 9.72. The molecule has 0 bridgehead atoms. The van der Waals surface area contributed by atoms with Crippen LogP contribution in [-0.2, 0) is 6.42 Å². The van der Waals surface area contributed by atoms with E-state index in [0.29, 0.717) is 17.9 Å². The molecule has 0 amide bonds. The van der Waals surface area contributed by atoms with Gasteiger partial charge < -0.3 is 10.2 Å². The van der Waals surface area contributed by atoms with Crippen molar-refractivity contribution < 1.29 is 14.6 Å². The molecule has 2 N–H and O–H groups in total. The first-order chi connectivity index (χ1) is 13.3. The molecule has 4 rings (SSSR count). The van der Waals surface area contributed by atoms with Gasteiger partial charge in [0.25, 0.3) is 0 Å². The van der Waals surface area contributed by atoms with Crippen LogP contribution in [0.25, 0.3) is 0 Å². The van der Waals surface area contributed by atoms with E-state index in [1.807, 2.05) is 6.92 Å². The standard InChI is InChI=1S/C24H30FNO2/c1-14-20-18(12-24(2,3)13-19(20)27)26-22(15-6-4-5-7-15)21(14)23(28)16-8-10-17(25)11-9-16/h8-11,15,19,23,27-28H,4-7,12-13H2,1-3H3/t19?,23-/m0/s1. The molecule has 3 nitrogen and oxygen atoms in total. The molecule has 2 aliphatic carbocycles. The molecule has 1 aromatic carbocycles. The van der Waals surface area contributed by atoms with Crippen molar-refractivity contribution in [2.24, 2.45) is 5.41 Å². The van der Waals surface area contributed by atoms with Crippen LogP contribution in [0.2, 0.25) is 0 Å². The fourth-order valence-corrected chi connectivity index (χ4v) is 5.21. The van der Waals surface area contributed by atoms with E-state index in [4.69, 9.17) is 4.98 Å². The molecular weight excluding hydrogens is 353 g/mol. The lowest BCUT2D eigenvalue weighted by Crippen LogP contribution is -2.29. The molecule has 0 aliphatic heterocycles. The average Bonchev–Trinajstić information content (AvgIpc) is 3.14. The van der Waals surface area contributed by atoms with Crippen LogP contribution in [0.5, 0.6) is 0 Å². The molecule has 2 aliphatic rings. The first-order valence-electron chi connectivity index (χ1n) is 10.4. The molecule has 1 heterocycles. The number of hydrogen-bond donors (Lipinski definition) is 2. The van der Waals surface area contributed by atoms with Gasteiger partial charge in [-0.25, -0.2) is 4.39 Å². The van der Waals surface area contributed by atoms with Gasteiger partial charge in [-0.3, -0.25) is 4.98 Å². The molecule has 2 aromatic rings. The van der Waals surface area contributed by atoms with Crippen LogP contribution in [0.4, 0.5) is 4.39 Å². The fraction of sp³-hybridized carbons (Fsp3) is 0.542. The highest BCUT2D eigenvalue weighted by Crippen LogP contribution is 2.46. The Morgan fingerprint density at radius 3 is 2.43 bits per heavy atom. The first kappa shape index (κ1) is 19.5. The van der Waals surface area contributed by atoms with E-state index in [2.05, 4.69) is 13.8 Å². The Bertz CT molecular complexity index is 869. The van der Waals surface area contributed by atoms with E-state index in [-0.39, 0.29) is 11.2 Å². The van der Waals surface area contributed by atoms with Gasteiger partial charge in [-0.2, -0.15) is 0 Å². The topological polar surface area (TPSA) is 53.4 Å². The number of rotatable bonds is 3. The summed E-state index contributed by atoms with van der Waals surface area (Å²) in [5.74, 6) is 0.0289. The van der Waals surface area contributed by atoms with E-state index >= 15 is 0 Å². The summed E-state index contributed by atoms with van der Waals surface area (Å²) in [6.07, 6.45) is 4.63. The summed E-state index contributed by atoms with van der Waals surface area (Å²) in [7, 11) is 0. The molecule has 1 unspecified atom stereocenters. The number of nitrogens with zero attached hydrogens (tertiary/aromatic N) is 1. The van der Waals surface area contributed by atoms with Gasteiger partial charge in [-0.05, 0) is 61.3 Å². The fourth-order valence-electron chi connectivity index (χ4n) is 5.21. The third-order valence-corrected chi connectivity index (χ3v) is 6.58. The van der Waals surface area contributed by atoms with Crippen LogP contribution in [0.1, 0.15) is 97.7 Å². The second kappa shape index (κ2) is 7.23. The molecular formula is C24H30FNO2. The number of pyridine rings is 1. The van der Waals surface area contributed by atoms with Crippen molar-refractivity contribution in [3.63, 3.8) is 0 Å². The molecule has 1 saturated carbocycles. The molecule has 1 fully saturated rings. The van der Waals surface area contributed by atoms with Crippen LogP contribution < -0.4 is 0 Å². The summed E-state index contributed by atoms with van der Waals surface area (Å²) < 4.78 is 13.4. The molecule has 1 aromatic heterocycles. The van der Waals surface area contributed by atoms with E-state index in [0.717, 1.165) is 47.3 Å². The quantitative estimate of drug-likeness (QED) is 0.759. The molecule has 0 radical (unpaired) electrons. The van der Waals surface area contributed by atoms with Gasteiger partial charge in [0.15, 0.2) is 0 Å². The highest BCUT2D eigenvalue weighted by Gasteiger charge is 2.37. The van der Waals surface area contributed by atoms with Crippen molar-refractivity contribution in [2.45, 2.75) is 77.4 Å². The number of aromatic nitrogens is 1. The van der Waals surface area contributed by atoms with Gasteiger partial charge in [-0.15, -0.1) is 0 Å². The van der Waals surface area contributed by atoms with E-state index in [1.54, 1.807) is 12.1 Å². The largest absolute Gasteiger partial charge is 0.388 e. The summed E-state index contributed by atoms with van der Waals surface area (Å²) in [6, 6.07) is 6.03. The second-order valence-corrected chi connectivity index (χ2v) is 9.39. The van der Waals surface area contributed by atoms with Crippen LogP contribution in [0, 0.1) is 18.2 Å². The zero-order valence-corrected chi connectivity index (χ0v) is 17.0. The average molecular weight is 384 g/mol. The maximum Gasteiger partial charge on any atom is 0.123 e. The lowest BCUT2D eigenvalue weighted by molar-refractivity contribution is 0.0968. The second-order valence-electron chi connectivity index (χ2n) is 9.39. The summed E-state index contributed by atoms with van der Waals surface area (Å²) in [5.41, 5.74) is 5.29. The Kier molecular flexibility index (Phi) is 5.05. The van der Waals surface area contributed by atoms with Gasteiger partial charge in [0, 0.05) is 22.7 Å². The summed E-state index contributed by atoms with van der Waals surface area (Å²) >= 11 is 0. The maximum absolute atomic E-state index is 13.4. The molecule has 28 heavy (non-hydrogen) atoms. The number of aliphatic hydroxyl groups excluding tert-OH is 2. The maximum atomic E-state index is 13.4.